The summed E-state index contributed by atoms with van der Waals surface area (Å²) in [6.45, 7) is 3.40. The molecule has 0 spiro atoms. The zero-order chi connectivity index (χ0) is 16.4. The minimum atomic E-state index is 0.0671. The van der Waals surface area contributed by atoms with Gasteiger partial charge >= 0.3 is 0 Å². The van der Waals surface area contributed by atoms with E-state index in [0.29, 0.717) is 0 Å². The predicted octanol–water partition coefficient (Wildman–Crippen LogP) is 5.09. The molecule has 0 heterocycles. The van der Waals surface area contributed by atoms with Crippen LogP contribution in [0.1, 0.15) is 42.0 Å². The summed E-state index contributed by atoms with van der Waals surface area (Å²) in [6.07, 6.45) is 4.45. The summed E-state index contributed by atoms with van der Waals surface area (Å²) in [6, 6.07) is 15.5. The topological polar surface area (TPSA) is 3.24 Å². The summed E-state index contributed by atoms with van der Waals surface area (Å²) in [5.74, 6) is 0. The Hall–Kier alpha value is -1.31. The lowest BCUT2D eigenvalue weighted by Crippen LogP contribution is -2.32. The van der Waals surface area contributed by atoms with E-state index in [1.54, 1.807) is 0 Å². The highest BCUT2D eigenvalue weighted by Crippen LogP contribution is 2.45. The van der Waals surface area contributed by atoms with Crippen molar-refractivity contribution in [2.45, 2.75) is 38.0 Å². The molecule has 0 radical (unpaired) electrons. The van der Waals surface area contributed by atoms with E-state index in [1.165, 1.54) is 22.3 Å². The van der Waals surface area contributed by atoms with Crippen molar-refractivity contribution >= 4 is 11.6 Å². The summed E-state index contributed by atoms with van der Waals surface area (Å²) in [5.41, 5.74) is 5.98. The second kappa shape index (κ2) is 6.67. The second-order valence-corrected chi connectivity index (χ2v) is 7.38. The van der Waals surface area contributed by atoms with Crippen LogP contribution in [0.25, 0.3) is 0 Å². The van der Waals surface area contributed by atoms with Gasteiger partial charge in [0.05, 0.1) is 0 Å². The molecule has 3 rings (SSSR count). The van der Waals surface area contributed by atoms with Crippen molar-refractivity contribution in [1.82, 2.24) is 4.90 Å². The van der Waals surface area contributed by atoms with E-state index in [-0.39, 0.29) is 5.41 Å². The molecule has 0 bridgehead atoms. The lowest BCUT2D eigenvalue weighted by molar-refractivity contribution is 0.336. The molecule has 1 aliphatic rings. The third kappa shape index (κ3) is 3.05. The third-order valence-electron chi connectivity index (χ3n) is 5.37. The first-order chi connectivity index (χ1) is 11.1. The Bertz CT molecular complexity index is 692. The first-order valence-electron chi connectivity index (χ1n) is 8.59. The van der Waals surface area contributed by atoms with E-state index >= 15 is 0 Å². The number of aryl methyl sites for hydroxylation is 2. The van der Waals surface area contributed by atoms with Crippen LogP contribution in [0.4, 0.5) is 0 Å². The molecule has 0 fully saturated rings. The molecule has 2 aromatic rings. The van der Waals surface area contributed by atoms with Crippen molar-refractivity contribution in [3.05, 3.63) is 69.7 Å². The highest BCUT2D eigenvalue weighted by atomic mass is 35.5. The van der Waals surface area contributed by atoms with Crippen LogP contribution >= 0.6 is 11.6 Å². The lowest BCUT2D eigenvalue weighted by atomic mass is 9.68. The third-order valence-corrected chi connectivity index (χ3v) is 5.61. The molecular formula is C21H26ClN. The molecule has 0 amide bonds. The average molecular weight is 328 g/mol. The molecule has 2 aromatic carbocycles. The highest BCUT2D eigenvalue weighted by molar-refractivity contribution is 6.30. The van der Waals surface area contributed by atoms with Gasteiger partial charge in [0.15, 0.2) is 0 Å². The summed E-state index contributed by atoms with van der Waals surface area (Å²) in [5, 5.41) is 0.853. The number of halogens is 1. The van der Waals surface area contributed by atoms with E-state index in [2.05, 4.69) is 62.3 Å². The molecule has 0 N–H and O–H groups in total. The van der Waals surface area contributed by atoms with Gasteiger partial charge < -0.3 is 4.90 Å². The largest absolute Gasteiger partial charge is 0.309 e. The molecule has 23 heavy (non-hydrogen) atoms. The molecule has 1 atom stereocenters. The van der Waals surface area contributed by atoms with Gasteiger partial charge in [-0.2, -0.15) is 0 Å². The van der Waals surface area contributed by atoms with Gasteiger partial charge in [0, 0.05) is 10.4 Å². The monoisotopic (exact) mass is 327 g/mol. The molecule has 0 aromatic heterocycles. The number of hydrogen-bond donors (Lipinski definition) is 0. The smallest absolute Gasteiger partial charge is 0.0409 e. The van der Waals surface area contributed by atoms with Crippen LogP contribution in [0.3, 0.4) is 0 Å². The number of nitrogens with zero attached hydrogens (tertiary/aromatic N) is 1. The normalized spacial score (nSPS) is 20.0. The van der Waals surface area contributed by atoms with Crippen molar-refractivity contribution in [3.63, 3.8) is 0 Å². The Kier molecular flexibility index (Phi) is 4.79. The van der Waals surface area contributed by atoms with E-state index < -0.39 is 0 Å². The maximum Gasteiger partial charge on any atom is 0.0409 e. The Morgan fingerprint density at radius 1 is 1.00 bits per heavy atom. The van der Waals surface area contributed by atoms with Crippen molar-refractivity contribution in [2.75, 3.05) is 20.6 Å². The van der Waals surface area contributed by atoms with Crippen molar-refractivity contribution in [3.8, 4) is 0 Å². The Labute approximate surface area is 145 Å². The van der Waals surface area contributed by atoms with Gasteiger partial charge in [0.2, 0.25) is 0 Å². The van der Waals surface area contributed by atoms with Gasteiger partial charge in [-0.3, -0.25) is 0 Å². The van der Waals surface area contributed by atoms with Crippen LogP contribution in [-0.2, 0) is 18.3 Å². The fraction of sp³-hybridized carbons (Fsp3) is 0.429. The van der Waals surface area contributed by atoms with Crippen LogP contribution < -0.4 is 0 Å². The number of rotatable bonds is 4. The van der Waals surface area contributed by atoms with Crippen LogP contribution in [-0.4, -0.2) is 25.5 Å². The van der Waals surface area contributed by atoms with Crippen LogP contribution in [0.5, 0.6) is 0 Å². The van der Waals surface area contributed by atoms with Gasteiger partial charge in [-0.1, -0.05) is 48.9 Å². The minimum absolute atomic E-state index is 0.0671. The van der Waals surface area contributed by atoms with Gasteiger partial charge in [0.25, 0.3) is 0 Å². The Balaban J connectivity index is 2.23. The summed E-state index contributed by atoms with van der Waals surface area (Å²) in [4.78, 5) is 2.29. The maximum atomic E-state index is 6.39. The molecule has 2 heteroatoms. The number of benzene rings is 2. The lowest BCUT2D eigenvalue weighted by Gasteiger charge is -2.37. The number of hydrogen-bond acceptors (Lipinski definition) is 1. The van der Waals surface area contributed by atoms with Crippen LogP contribution in [0.15, 0.2) is 42.5 Å². The zero-order valence-corrected chi connectivity index (χ0v) is 15.2. The zero-order valence-electron chi connectivity index (χ0n) is 14.4. The summed E-state index contributed by atoms with van der Waals surface area (Å²) < 4.78 is 0. The quantitative estimate of drug-likeness (QED) is 0.756. The summed E-state index contributed by atoms with van der Waals surface area (Å²) >= 11 is 6.39. The predicted molar refractivity (Wildman–Crippen MR) is 99.5 cm³/mol. The molecule has 0 aliphatic heterocycles. The number of fused-ring (bicyclic) bond motifs is 2. The summed E-state index contributed by atoms with van der Waals surface area (Å²) in [7, 11) is 4.32. The van der Waals surface area contributed by atoms with Crippen molar-refractivity contribution < 1.29 is 0 Å². The van der Waals surface area contributed by atoms with E-state index in [0.717, 1.165) is 37.3 Å². The molecular weight excluding hydrogens is 302 g/mol. The Morgan fingerprint density at radius 2 is 1.70 bits per heavy atom. The fourth-order valence-corrected chi connectivity index (χ4v) is 4.25. The van der Waals surface area contributed by atoms with Gasteiger partial charge in [-0.15, -0.1) is 0 Å². The minimum Gasteiger partial charge on any atom is -0.309 e. The van der Waals surface area contributed by atoms with Crippen LogP contribution in [0, 0.1) is 0 Å². The van der Waals surface area contributed by atoms with Crippen LogP contribution in [0.2, 0.25) is 5.02 Å². The standard InChI is InChI=1S/C21H26ClN/c1-4-21(13-14-23(2)3)19-8-6-5-7-16(19)9-10-17-11-12-18(22)15-20(17)21/h5-8,11-12,15H,4,9-10,13-14H2,1-3H3. The Morgan fingerprint density at radius 3 is 2.39 bits per heavy atom. The second-order valence-electron chi connectivity index (χ2n) is 6.95. The SMILES string of the molecule is CCC1(CCN(C)C)c2ccccc2CCc2ccc(Cl)cc21. The van der Waals surface area contributed by atoms with Gasteiger partial charge in [-0.05, 0) is 80.7 Å². The molecule has 0 saturated carbocycles. The molecule has 122 valence electrons. The van der Waals surface area contributed by atoms with Gasteiger partial charge in [-0.25, -0.2) is 0 Å². The average Bonchev–Trinajstić information content (AvgIpc) is 2.68. The van der Waals surface area contributed by atoms with Crippen molar-refractivity contribution in [1.29, 1.82) is 0 Å². The van der Waals surface area contributed by atoms with Gasteiger partial charge in [0.1, 0.15) is 0 Å². The maximum absolute atomic E-state index is 6.39. The van der Waals surface area contributed by atoms with E-state index in [1.807, 2.05) is 6.07 Å². The highest BCUT2D eigenvalue weighted by Gasteiger charge is 2.37. The van der Waals surface area contributed by atoms with E-state index in [4.69, 9.17) is 11.6 Å². The van der Waals surface area contributed by atoms with E-state index in [9.17, 15) is 0 Å². The molecule has 1 nitrogen and oxygen atoms in total. The first kappa shape index (κ1) is 16.5. The molecule has 1 aliphatic carbocycles. The molecule has 1 unspecified atom stereocenters. The van der Waals surface area contributed by atoms with Crippen molar-refractivity contribution in [2.24, 2.45) is 0 Å². The molecule has 0 saturated heterocycles. The fourth-order valence-electron chi connectivity index (χ4n) is 4.07. The first-order valence-corrected chi connectivity index (χ1v) is 8.96.